The third kappa shape index (κ3) is 5.81. The molecule has 0 bridgehead atoms. The molecule has 1 atom stereocenters. The molecule has 0 amide bonds. The van der Waals surface area contributed by atoms with Gasteiger partial charge in [0.25, 0.3) is 0 Å². The van der Waals surface area contributed by atoms with Crippen LogP contribution in [0.4, 0.5) is 0 Å². The fourth-order valence-corrected chi connectivity index (χ4v) is 3.66. The summed E-state index contributed by atoms with van der Waals surface area (Å²) in [7, 11) is -1.09. The van der Waals surface area contributed by atoms with E-state index < -0.39 is 9.84 Å². The minimum atomic E-state index is -2.77. The summed E-state index contributed by atoms with van der Waals surface area (Å²) in [5.41, 5.74) is 5.49. The molecule has 1 saturated heterocycles. The van der Waals surface area contributed by atoms with Crippen molar-refractivity contribution >= 4 is 9.84 Å². The van der Waals surface area contributed by atoms with E-state index in [1.54, 1.807) is 7.11 Å². The highest BCUT2D eigenvalue weighted by atomic mass is 32.2. The topological polar surface area (TPSA) is 81.4 Å². The quantitative estimate of drug-likeness (QED) is 0.671. The van der Waals surface area contributed by atoms with Gasteiger partial charge in [0, 0.05) is 19.2 Å². The van der Waals surface area contributed by atoms with Crippen LogP contribution >= 0.6 is 0 Å². The minimum absolute atomic E-state index is 0.286. The summed E-state index contributed by atoms with van der Waals surface area (Å²) in [5.74, 6) is 0.614. The second kappa shape index (κ2) is 7.31. The zero-order valence-corrected chi connectivity index (χ0v) is 11.3. The van der Waals surface area contributed by atoms with Crippen LogP contribution in [0.1, 0.15) is 25.7 Å². The summed E-state index contributed by atoms with van der Waals surface area (Å²) in [6.07, 6.45) is 3.37. The molecule has 0 aromatic heterocycles. The maximum atomic E-state index is 11.3. The molecule has 1 heterocycles. The maximum absolute atomic E-state index is 11.3. The lowest BCUT2D eigenvalue weighted by molar-refractivity contribution is 0.154. The molecule has 1 fully saturated rings. The first-order valence-corrected chi connectivity index (χ1v) is 8.05. The molecule has 0 aromatic carbocycles. The van der Waals surface area contributed by atoms with Crippen LogP contribution in [0.2, 0.25) is 0 Å². The first-order chi connectivity index (χ1) is 8.07. The molecule has 3 N–H and O–H groups in total. The van der Waals surface area contributed by atoms with Gasteiger partial charge in [0.15, 0.2) is 0 Å². The molecule has 1 aliphatic rings. The number of rotatable bonds is 7. The van der Waals surface area contributed by atoms with Crippen LogP contribution in [-0.2, 0) is 14.6 Å². The fraction of sp³-hybridized carbons (Fsp3) is 1.00. The molecule has 1 unspecified atom stereocenters. The molecule has 6 heteroatoms. The summed E-state index contributed by atoms with van der Waals surface area (Å²) in [6, 6.07) is 0.589. The smallest absolute Gasteiger partial charge is 0.150 e. The zero-order chi connectivity index (χ0) is 12.7. The molecule has 0 aromatic rings. The van der Waals surface area contributed by atoms with Crippen molar-refractivity contribution in [1.29, 1.82) is 0 Å². The first kappa shape index (κ1) is 14.9. The molecule has 0 saturated carbocycles. The summed E-state index contributed by atoms with van der Waals surface area (Å²) in [5, 5.41) is 3.48. The Morgan fingerprint density at radius 3 is 2.59 bits per heavy atom. The second-order valence-corrected chi connectivity index (χ2v) is 6.98. The van der Waals surface area contributed by atoms with E-state index in [0.29, 0.717) is 43.5 Å². The van der Waals surface area contributed by atoms with Gasteiger partial charge in [-0.05, 0) is 32.2 Å². The number of hydrogen-bond acceptors (Lipinski definition) is 5. The highest BCUT2D eigenvalue weighted by Gasteiger charge is 2.25. The number of hydrogen-bond donors (Lipinski definition) is 2. The third-order valence-corrected chi connectivity index (χ3v) is 4.87. The van der Waals surface area contributed by atoms with Crippen molar-refractivity contribution in [3.8, 4) is 0 Å². The molecular formula is C11H24N2O3S. The van der Waals surface area contributed by atoms with Crippen LogP contribution in [0.3, 0.4) is 0 Å². The summed E-state index contributed by atoms with van der Waals surface area (Å²) in [4.78, 5) is 0. The third-order valence-electron chi connectivity index (χ3n) is 3.15. The van der Waals surface area contributed by atoms with Crippen molar-refractivity contribution in [1.82, 2.24) is 5.32 Å². The Hall–Kier alpha value is -0.170. The zero-order valence-electron chi connectivity index (χ0n) is 10.5. The molecule has 0 spiro atoms. The lowest BCUT2D eigenvalue weighted by Crippen LogP contribution is -2.45. The van der Waals surface area contributed by atoms with E-state index in [9.17, 15) is 8.42 Å². The average molecular weight is 264 g/mol. The van der Waals surface area contributed by atoms with Crippen LogP contribution in [0.5, 0.6) is 0 Å². The fourth-order valence-electron chi connectivity index (χ4n) is 2.17. The normalized spacial score (nSPS) is 22.5. The van der Waals surface area contributed by atoms with Gasteiger partial charge in [-0.1, -0.05) is 0 Å². The van der Waals surface area contributed by atoms with Crippen LogP contribution in [0.15, 0.2) is 0 Å². The highest BCUT2D eigenvalue weighted by molar-refractivity contribution is 7.91. The number of methoxy groups -OCH3 is 1. The van der Waals surface area contributed by atoms with E-state index in [-0.39, 0.29) is 6.04 Å². The standard InChI is InChI=1S/C11H24N2O3S/c1-16-9-11(3-2-6-12)13-10-4-7-17(14,15)8-5-10/h10-11,13H,2-9,12H2,1H3. The Morgan fingerprint density at radius 2 is 2.06 bits per heavy atom. The van der Waals surface area contributed by atoms with Gasteiger partial charge in [-0.2, -0.15) is 0 Å². The Bertz CT molecular complexity index is 292. The van der Waals surface area contributed by atoms with Gasteiger partial charge in [0.2, 0.25) is 0 Å². The van der Waals surface area contributed by atoms with Crippen molar-refractivity contribution in [3.05, 3.63) is 0 Å². The van der Waals surface area contributed by atoms with Crippen LogP contribution < -0.4 is 11.1 Å². The van der Waals surface area contributed by atoms with Gasteiger partial charge in [0.1, 0.15) is 9.84 Å². The van der Waals surface area contributed by atoms with E-state index in [1.165, 1.54) is 0 Å². The number of nitrogens with two attached hydrogens (primary N) is 1. The molecule has 0 aliphatic carbocycles. The van der Waals surface area contributed by atoms with Crippen LogP contribution in [-0.4, -0.2) is 52.3 Å². The number of nitrogens with one attached hydrogen (secondary N) is 1. The van der Waals surface area contributed by atoms with E-state index in [4.69, 9.17) is 10.5 Å². The lowest BCUT2D eigenvalue weighted by atomic mass is 10.1. The van der Waals surface area contributed by atoms with Crippen molar-refractivity contribution in [3.63, 3.8) is 0 Å². The van der Waals surface area contributed by atoms with Crippen LogP contribution in [0, 0.1) is 0 Å². The monoisotopic (exact) mass is 264 g/mol. The number of sulfone groups is 1. The summed E-state index contributed by atoms with van der Waals surface area (Å²) < 4.78 is 27.8. The van der Waals surface area contributed by atoms with E-state index in [2.05, 4.69) is 5.32 Å². The minimum Gasteiger partial charge on any atom is -0.383 e. The van der Waals surface area contributed by atoms with E-state index >= 15 is 0 Å². The molecular weight excluding hydrogens is 240 g/mol. The molecule has 1 rings (SSSR count). The maximum Gasteiger partial charge on any atom is 0.150 e. The van der Waals surface area contributed by atoms with Crippen molar-refractivity contribution in [2.24, 2.45) is 5.73 Å². The van der Waals surface area contributed by atoms with Crippen molar-refractivity contribution in [2.75, 3.05) is 31.8 Å². The summed E-state index contributed by atoms with van der Waals surface area (Å²) >= 11 is 0. The summed E-state index contributed by atoms with van der Waals surface area (Å²) in [6.45, 7) is 1.34. The number of ether oxygens (including phenoxy) is 1. The van der Waals surface area contributed by atoms with Crippen LogP contribution in [0.25, 0.3) is 0 Å². The van der Waals surface area contributed by atoms with Gasteiger partial charge in [-0.25, -0.2) is 8.42 Å². The lowest BCUT2D eigenvalue weighted by Gasteiger charge is -2.28. The largest absolute Gasteiger partial charge is 0.383 e. The Labute approximate surface area is 104 Å². The van der Waals surface area contributed by atoms with Gasteiger partial charge in [-0.3, -0.25) is 0 Å². The molecule has 1 aliphatic heterocycles. The van der Waals surface area contributed by atoms with E-state index in [0.717, 1.165) is 12.8 Å². The highest BCUT2D eigenvalue weighted by Crippen LogP contribution is 2.13. The Balaban J connectivity index is 2.34. The van der Waals surface area contributed by atoms with Crippen molar-refractivity contribution in [2.45, 2.75) is 37.8 Å². The SMILES string of the molecule is COCC(CCCN)NC1CCS(=O)(=O)CC1. The average Bonchev–Trinajstić information content (AvgIpc) is 2.29. The molecule has 17 heavy (non-hydrogen) atoms. The predicted molar refractivity (Wildman–Crippen MR) is 68.8 cm³/mol. The van der Waals surface area contributed by atoms with E-state index in [1.807, 2.05) is 0 Å². The molecule has 102 valence electrons. The van der Waals surface area contributed by atoms with Gasteiger partial charge >= 0.3 is 0 Å². The van der Waals surface area contributed by atoms with Crippen molar-refractivity contribution < 1.29 is 13.2 Å². The van der Waals surface area contributed by atoms with Gasteiger partial charge in [-0.15, -0.1) is 0 Å². The van der Waals surface area contributed by atoms with Gasteiger partial charge in [0.05, 0.1) is 18.1 Å². The predicted octanol–water partition coefficient (Wildman–Crippen LogP) is -0.0929. The Morgan fingerprint density at radius 1 is 1.41 bits per heavy atom. The second-order valence-electron chi connectivity index (χ2n) is 4.68. The van der Waals surface area contributed by atoms with Gasteiger partial charge < -0.3 is 15.8 Å². The first-order valence-electron chi connectivity index (χ1n) is 6.23. The molecule has 5 nitrogen and oxygen atoms in total. The Kier molecular flexibility index (Phi) is 6.40. The molecule has 0 radical (unpaired) electrons.